The normalized spacial score (nSPS) is 14.6. The van der Waals surface area contributed by atoms with Gasteiger partial charge in [0.05, 0.1) is 6.26 Å². The maximum Gasteiger partial charge on any atom is 0.413 e. The second-order valence-corrected chi connectivity index (χ2v) is 7.44. The zero-order chi connectivity index (χ0) is 16.6. The number of aromatic nitrogens is 1. The molecule has 1 aliphatic rings. The van der Waals surface area contributed by atoms with E-state index < -0.39 is 11.7 Å². The highest BCUT2D eigenvalue weighted by Gasteiger charge is 2.34. The van der Waals surface area contributed by atoms with Crippen molar-refractivity contribution in [1.29, 1.82) is 0 Å². The third-order valence-corrected chi connectivity index (χ3v) is 4.15. The van der Waals surface area contributed by atoms with E-state index in [9.17, 15) is 9.59 Å². The summed E-state index contributed by atoms with van der Waals surface area (Å²) in [6.07, 6.45) is 2.75. The van der Waals surface area contributed by atoms with Gasteiger partial charge in [-0.05, 0) is 45.7 Å². The SMILES string of the molecule is CC(C)(C)OC(=O)Nc1nc(-c2ccco2)c(C(=O)C2CC2)s1. The summed E-state index contributed by atoms with van der Waals surface area (Å²) in [6.45, 7) is 5.35. The Morgan fingerprint density at radius 3 is 2.70 bits per heavy atom. The highest BCUT2D eigenvalue weighted by atomic mass is 32.1. The molecule has 0 atom stereocenters. The van der Waals surface area contributed by atoms with Crippen LogP contribution in [0.2, 0.25) is 0 Å². The summed E-state index contributed by atoms with van der Waals surface area (Å²) in [6, 6.07) is 3.48. The smallest absolute Gasteiger partial charge is 0.413 e. The van der Waals surface area contributed by atoms with Crippen molar-refractivity contribution in [3.05, 3.63) is 23.3 Å². The standard InChI is InChI=1S/C16H18N2O4S/c1-16(2,3)22-15(20)18-14-17-11(10-5-4-8-21-10)13(23-14)12(19)9-6-7-9/h4-5,8-9H,6-7H2,1-3H3,(H,17,18,20). The number of carbonyl (C=O) groups is 2. The molecule has 1 saturated carbocycles. The van der Waals surface area contributed by atoms with E-state index in [0.717, 1.165) is 24.2 Å². The third kappa shape index (κ3) is 3.79. The molecule has 0 aliphatic heterocycles. The van der Waals surface area contributed by atoms with Crippen LogP contribution in [0, 0.1) is 5.92 Å². The molecule has 0 spiro atoms. The molecular formula is C16H18N2O4S. The second kappa shape index (κ2) is 5.81. The lowest BCUT2D eigenvalue weighted by molar-refractivity contribution is 0.0635. The lowest BCUT2D eigenvalue weighted by Gasteiger charge is -2.18. The van der Waals surface area contributed by atoms with Crippen LogP contribution in [-0.4, -0.2) is 22.5 Å². The van der Waals surface area contributed by atoms with Gasteiger partial charge in [-0.2, -0.15) is 0 Å². The minimum absolute atomic E-state index is 0.0612. The predicted octanol–water partition coefficient (Wildman–Crippen LogP) is 4.34. The number of furan rings is 1. The number of thiazole rings is 1. The number of ether oxygens (including phenoxy) is 1. The summed E-state index contributed by atoms with van der Waals surface area (Å²) >= 11 is 1.16. The molecule has 122 valence electrons. The van der Waals surface area contributed by atoms with Gasteiger partial charge in [0, 0.05) is 5.92 Å². The number of hydrogen-bond donors (Lipinski definition) is 1. The molecule has 6 nitrogen and oxygen atoms in total. The van der Waals surface area contributed by atoms with Gasteiger partial charge in [0.15, 0.2) is 16.7 Å². The summed E-state index contributed by atoms with van der Waals surface area (Å²) in [4.78, 5) is 29.2. The number of anilines is 1. The van der Waals surface area contributed by atoms with Crippen LogP contribution in [0.25, 0.3) is 11.5 Å². The summed E-state index contributed by atoms with van der Waals surface area (Å²) in [5, 5.41) is 2.92. The Morgan fingerprint density at radius 1 is 1.39 bits per heavy atom. The van der Waals surface area contributed by atoms with E-state index in [1.807, 2.05) is 0 Å². The van der Waals surface area contributed by atoms with Gasteiger partial charge in [0.1, 0.15) is 16.2 Å². The quantitative estimate of drug-likeness (QED) is 0.841. The highest BCUT2D eigenvalue weighted by molar-refractivity contribution is 7.18. The van der Waals surface area contributed by atoms with Crippen molar-refractivity contribution < 1.29 is 18.7 Å². The molecule has 2 heterocycles. The fourth-order valence-corrected chi connectivity index (χ4v) is 3.02. The molecule has 1 aliphatic carbocycles. The van der Waals surface area contributed by atoms with Gasteiger partial charge in [-0.1, -0.05) is 11.3 Å². The van der Waals surface area contributed by atoms with Gasteiger partial charge >= 0.3 is 6.09 Å². The van der Waals surface area contributed by atoms with E-state index in [1.165, 1.54) is 6.26 Å². The maximum absolute atomic E-state index is 12.4. The van der Waals surface area contributed by atoms with E-state index in [4.69, 9.17) is 9.15 Å². The molecule has 1 N–H and O–H groups in total. The van der Waals surface area contributed by atoms with Crippen LogP contribution >= 0.6 is 11.3 Å². The minimum atomic E-state index is -0.599. The number of hydrogen-bond acceptors (Lipinski definition) is 6. The lowest BCUT2D eigenvalue weighted by atomic mass is 10.2. The number of nitrogens with zero attached hydrogens (tertiary/aromatic N) is 1. The van der Waals surface area contributed by atoms with E-state index in [1.54, 1.807) is 32.9 Å². The number of nitrogens with one attached hydrogen (secondary N) is 1. The van der Waals surface area contributed by atoms with Gasteiger partial charge < -0.3 is 9.15 Å². The Hall–Kier alpha value is -2.15. The van der Waals surface area contributed by atoms with Crippen molar-refractivity contribution in [2.24, 2.45) is 5.92 Å². The number of ketones is 1. The summed E-state index contributed by atoms with van der Waals surface area (Å²) in [7, 11) is 0. The zero-order valence-corrected chi connectivity index (χ0v) is 14.0. The monoisotopic (exact) mass is 334 g/mol. The summed E-state index contributed by atoms with van der Waals surface area (Å²) in [5.41, 5.74) is -0.124. The molecule has 2 aromatic heterocycles. The van der Waals surface area contributed by atoms with E-state index >= 15 is 0 Å². The Morgan fingerprint density at radius 2 is 2.13 bits per heavy atom. The molecule has 0 unspecified atom stereocenters. The van der Waals surface area contributed by atoms with Crippen molar-refractivity contribution in [1.82, 2.24) is 4.98 Å². The van der Waals surface area contributed by atoms with Gasteiger partial charge in [-0.15, -0.1) is 0 Å². The van der Waals surface area contributed by atoms with Gasteiger partial charge in [-0.3, -0.25) is 10.1 Å². The molecule has 1 amide bonds. The van der Waals surface area contributed by atoms with Crippen LogP contribution in [0.5, 0.6) is 0 Å². The first kappa shape index (κ1) is 15.7. The molecular weight excluding hydrogens is 316 g/mol. The van der Waals surface area contributed by atoms with Crippen molar-refractivity contribution in [3.8, 4) is 11.5 Å². The highest BCUT2D eigenvalue weighted by Crippen LogP contribution is 2.39. The molecule has 1 fully saturated rings. The molecule has 3 rings (SSSR count). The molecule has 7 heteroatoms. The lowest BCUT2D eigenvalue weighted by Crippen LogP contribution is -2.27. The van der Waals surface area contributed by atoms with Crippen LogP contribution in [0.1, 0.15) is 43.3 Å². The van der Waals surface area contributed by atoms with Crippen molar-refractivity contribution in [3.63, 3.8) is 0 Å². The second-order valence-electron chi connectivity index (χ2n) is 6.44. The van der Waals surface area contributed by atoms with E-state index in [2.05, 4.69) is 10.3 Å². The molecule has 23 heavy (non-hydrogen) atoms. The van der Waals surface area contributed by atoms with Gasteiger partial charge in [-0.25, -0.2) is 9.78 Å². The first-order chi connectivity index (χ1) is 10.8. The van der Waals surface area contributed by atoms with Crippen LogP contribution < -0.4 is 5.32 Å². The Bertz CT molecular complexity index is 724. The maximum atomic E-state index is 12.4. The predicted molar refractivity (Wildman–Crippen MR) is 86.7 cm³/mol. The average molecular weight is 334 g/mol. The summed E-state index contributed by atoms with van der Waals surface area (Å²) in [5.74, 6) is 0.646. The fourth-order valence-electron chi connectivity index (χ4n) is 2.04. The number of carbonyl (C=O) groups excluding carboxylic acids is 2. The Labute approximate surface area is 137 Å². The van der Waals surface area contributed by atoms with E-state index in [-0.39, 0.29) is 11.7 Å². The van der Waals surface area contributed by atoms with Crippen LogP contribution in [0.3, 0.4) is 0 Å². The first-order valence-electron chi connectivity index (χ1n) is 7.42. The number of Topliss-reactive ketones (excluding diaryl/α,β-unsaturated/α-hetero) is 1. The van der Waals surface area contributed by atoms with Crippen molar-refractivity contribution >= 4 is 28.3 Å². The van der Waals surface area contributed by atoms with Crippen LogP contribution in [-0.2, 0) is 4.74 Å². The fraction of sp³-hybridized carbons (Fsp3) is 0.438. The third-order valence-electron chi connectivity index (χ3n) is 3.16. The molecule has 0 saturated heterocycles. The average Bonchev–Trinajstić information content (AvgIpc) is 2.97. The van der Waals surface area contributed by atoms with E-state index in [0.29, 0.717) is 21.5 Å². The zero-order valence-electron chi connectivity index (χ0n) is 13.2. The van der Waals surface area contributed by atoms with Crippen LogP contribution in [0.4, 0.5) is 9.93 Å². The van der Waals surface area contributed by atoms with Gasteiger partial charge in [0.25, 0.3) is 0 Å². The molecule has 0 radical (unpaired) electrons. The minimum Gasteiger partial charge on any atom is -0.463 e. The Balaban J connectivity index is 1.86. The van der Waals surface area contributed by atoms with Crippen LogP contribution in [0.15, 0.2) is 22.8 Å². The Kier molecular flexibility index (Phi) is 3.97. The van der Waals surface area contributed by atoms with Gasteiger partial charge in [0.2, 0.25) is 0 Å². The summed E-state index contributed by atoms with van der Waals surface area (Å²) < 4.78 is 10.6. The molecule has 2 aromatic rings. The topological polar surface area (TPSA) is 81.4 Å². The first-order valence-corrected chi connectivity index (χ1v) is 8.24. The number of amides is 1. The number of rotatable bonds is 4. The largest absolute Gasteiger partial charge is 0.463 e. The molecule has 0 bridgehead atoms. The van der Waals surface area contributed by atoms with Crippen molar-refractivity contribution in [2.45, 2.75) is 39.2 Å². The van der Waals surface area contributed by atoms with Crippen molar-refractivity contribution in [2.75, 3.05) is 5.32 Å². The molecule has 0 aromatic carbocycles.